The highest BCUT2D eigenvalue weighted by molar-refractivity contribution is 7.09. The van der Waals surface area contributed by atoms with Gasteiger partial charge in [-0.1, -0.05) is 35.9 Å². The monoisotopic (exact) mass is 316 g/mol. The lowest BCUT2D eigenvalue weighted by atomic mass is 10.0. The molecular formula is C18H24N2OS. The van der Waals surface area contributed by atoms with Gasteiger partial charge < -0.3 is 10.2 Å². The molecule has 3 nitrogen and oxygen atoms in total. The Morgan fingerprint density at radius 1 is 1.23 bits per heavy atom. The first-order chi connectivity index (χ1) is 10.6. The standard InChI is InChI=1S/C18H24N2OS/c1-14-6-8-15(9-7-14)17(20(2)3)13-19-18(21)11-10-16-5-4-12-22-16/h4-9,12,17H,10-11,13H2,1-3H3,(H,19,21). The summed E-state index contributed by atoms with van der Waals surface area (Å²) in [5.41, 5.74) is 2.48. The van der Waals surface area contributed by atoms with Crippen molar-refractivity contribution >= 4 is 17.2 Å². The predicted molar refractivity (Wildman–Crippen MR) is 93.3 cm³/mol. The van der Waals surface area contributed by atoms with Gasteiger partial charge in [0.05, 0.1) is 6.04 Å². The maximum absolute atomic E-state index is 12.0. The van der Waals surface area contributed by atoms with Crippen LogP contribution >= 0.6 is 11.3 Å². The first-order valence-corrected chi connectivity index (χ1v) is 8.46. The van der Waals surface area contributed by atoms with Crippen molar-refractivity contribution in [2.24, 2.45) is 0 Å². The van der Waals surface area contributed by atoms with E-state index in [0.717, 1.165) is 6.42 Å². The van der Waals surface area contributed by atoms with Crippen LogP contribution in [0.1, 0.15) is 28.5 Å². The summed E-state index contributed by atoms with van der Waals surface area (Å²) < 4.78 is 0. The van der Waals surface area contributed by atoms with Crippen LogP contribution in [0.4, 0.5) is 0 Å². The Labute approximate surface area is 137 Å². The molecule has 0 aliphatic carbocycles. The fourth-order valence-electron chi connectivity index (χ4n) is 2.38. The number of aryl methyl sites for hydroxylation is 2. The third-order valence-electron chi connectivity index (χ3n) is 3.76. The van der Waals surface area contributed by atoms with Gasteiger partial charge in [-0.25, -0.2) is 0 Å². The topological polar surface area (TPSA) is 32.3 Å². The number of carbonyl (C=O) groups is 1. The molecular weight excluding hydrogens is 292 g/mol. The fraction of sp³-hybridized carbons (Fsp3) is 0.389. The van der Waals surface area contributed by atoms with E-state index in [0.29, 0.717) is 13.0 Å². The smallest absolute Gasteiger partial charge is 0.220 e. The SMILES string of the molecule is Cc1ccc(C(CNC(=O)CCc2cccs2)N(C)C)cc1. The molecule has 2 rings (SSSR count). The van der Waals surface area contributed by atoms with Gasteiger partial charge in [-0.05, 0) is 44.4 Å². The lowest BCUT2D eigenvalue weighted by molar-refractivity contribution is -0.121. The third-order valence-corrected chi connectivity index (χ3v) is 4.69. The van der Waals surface area contributed by atoms with Gasteiger partial charge in [-0.3, -0.25) is 4.79 Å². The minimum Gasteiger partial charge on any atom is -0.354 e. The van der Waals surface area contributed by atoms with Crippen LogP contribution in [0.3, 0.4) is 0 Å². The van der Waals surface area contributed by atoms with Crippen molar-refractivity contribution in [1.29, 1.82) is 0 Å². The van der Waals surface area contributed by atoms with Crippen molar-refractivity contribution in [3.8, 4) is 0 Å². The van der Waals surface area contributed by atoms with E-state index in [1.165, 1.54) is 16.0 Å². The number of thiophene rings is 1. The van der Waals surface area contributed by atoms with Crippen LogP contribution in [0.2, 0.25) is 0 Å². The van der Waals surface area contributed by atoms with Gasteiger partial charge in [0.1, 0.15) is 0 Å². The van der Waals surface area contributed by atoms with Crippen molar-refractivity contribution in [2.45, 2.75) is 25.8 Å². The number of hydrogen-bond donors (Lipinski definition) is 1. The molecule has 1 aromatic heterocycles. The van der Waals surface area contributed by atoms with Crippen LogP contribution in [-0.2, 0) is 11.2 Å². The molecule has 0 spiro atoms. The van der Waals surface area contributed by atoms with Crippen molar-refractivity contribution in [2.75, 3.05) is 20.6 Å². The van der Waals surface area contributed by atoms with Gasteiger partial charge in [-0.2, -0.15) is 0 Å². The Kier molecular flexibility index (Phi) is 6.16. The number of carbonyl (C=O) groups excluding carboxylic acids is 1. The fourth-order valence-corrected chi connectivity index (χ4v) is 3.09. The summed E-state index contributed by atoms with van der Waals surface area (Å²) in [6.45, 7) is 2.72. The molecule has 0 aliphatic rings. The second-order valence-electron chi connectivity index (χ2n) is 5.77. The number of likely N-dealkylation sites (N-methyl/N-ethyl adjacent to an activating group) is 1. The van der Waals surface area contributed by atoms with Gasteiger partial charge in [0.2, 0.25) is 5.91 Å². The third kappa shape index (κ3) is 4.97. The molecule has 1 aromatic carbocycles. The molecule has 1 N–H and O–H groups in total. The summed E-state index contributed by atoms with van der Waals surface area (Å²) in [5, 5.41) is 5.11. The molecule has 0 bridgehead atoms. The normalized spacial score (nSPS) is 12.4. The summed E-state index contributed by atoms with van der Waals surface area (Å²) >= 11 is 1.70. The number of benzene rings is 1. The molecule has 2 aromatic rings. The Balaban J connectivity index is 1.86. The Hall–Kier alpha value is -1.65. The lowest BCUT2D eigenvalue weighted by Crippen LogP contribution is -2.34. The van der Waals surface area contributed by atoms with Crippen LogP contribution in [0.5, 0.6) is 0 Å². The molecule has 4 heteroatoms. The predicted octanol–water partition coefficient (Wildman–Crippen LogP) is 3.41. The van der Waals surface area contributed by atoms with Crippen LogP contribution in [0.25, 0.3) is 0 Å². The molecule has 1 unspecified atom stereocenters. The first-order valence-electron chi connectivity index (χ1n) is 7.58. The van der Waals surface area contributed by atoms with E-state index in [2.05, 4.69) is 47.5 Å². The van der Waals surface area contributed by atoms with Gasteiger partial charge in [0.25, 0.3) is 0 Å². The zero-order valence-corrected chi connectivity index (χ0v) is 14.3. The quantitative estimate of drug-likeness (QED) is 0.849. The summed E-state index contributed by atoms with van der Waals surface area (Å²) in [4.78, 5) is 15.4. The van der Waals surface area contributed by atoms with Crippen molar-refractivity contribution < 1.29 is 4.79 Å². The zero-order chi connectivity index (χ0) is 15.9. The average molecular weight is 316 g/mol. The highest BCUT2D eigenvalue weighted by Gasteiger charge is 2.15. The minimum absolute atomic E-state index is 0.118. The van der Waals surface area contributed by atoms with Crippen molar-refractivity contribution in [3.05, 3.63) is 57.8 Å². The Bertz CT molecular complexity index is 576. The maximum Gasteiger partial charge on any atom is 0.220 e. The summed E-state index contributed by atoms with van der Waals surface area (Å²) in [7, 11) is 4.09. The number of hydrogen-bond acceptors (Lipinski definition) is 3. The summed E-state index contributed by atoms with van der Waals surface area (Å²) in [5.74, 6) is 0.118. The van der Waals surface area contributed by atoms with Crippen LogP contribution in [0.15, 0.2) is 41.8 Å². The van der Waals surface area contributed by atoms with Gasteiger partial charge in [0.15, 0.2) is 0 Å². The van der Waals surface area contributed by atoms with Crippen molar-refractivity contribution in [1.82, 2.24) is 10.2 Å². The van der Waals surface area contributed by atoms with Gasteiger partial charge in [0, 0.05) is 17.8 Å². The first kappa shape index (κ1) is 16.7. The van der Waals surface area contributed by atoms with Crippen LogP contribution in [-0.4, -0.2) is 31.4 Å². The van der Waals surface area contributed by atoms with E-state index in [-0.39, 0.29) is 11.9 Å². The molecule has 1 heterocycles. The lowest BCUT2D eigenvalue weighted by Gasteiger charge is -2.25. The molecule has 0 radical (unpaired) electrons. The second kappa shape index (κ2) is 8.11. The molecule has 0 saturated carbocycles. The van der Waals surface area contributed by atoms with E-state index in [1.54, 1.807) is 11.3 Å². The molecule has 22 heavy (non-hydrogen) atoms. The van der Waals surface area contributed by atoms with Crippen LogP contribution in [0, 0.1) is 6.92 Å². The largest absolute Gasteiger partial charge is 0.354 e. The van der Waals surface area contributed by atoms with E-state index < -0.39 is 0 Å². The molecule has 118 valence electrons. The minimum atomic E-state index is 0.118. The average Bonchev–Trinajstić information content (AvgIpc) is 3.00. The highest BCUT2D eigenvalue weighted by Crippen LogP contribution is 2.18. The number of nitrogens with zero attached hydrogens (tertiary/aromatic N) is 1. The Morgan fingerprint density at radius 3 is 2.55 bits per heavy atom. The molecule has 0 fully saturated rings. The van der Waals surface area contributed by atoms with Gasteiger partial charge >= 0.3 is 0 Å². The van der Waals surface area contributed by atoms with E-state index >= 15 is 0 Å². The molecule has 1 amide bonds. The maximum atomic E-state index is 12.0. The Morgan fingerprint density at radius 2 is 1.95 bits per heavy atom. The molecule has 0 saturated heterocycles. The van der Waals surface area contributed by atoms with E-state index in [4.69, 9.17) is 0 Å². The van der Waals surface area contributed by atoms with E-state index in [9.17, 15) is 4.79 Å². The second-order valence-corrected chi connectivity index (χ2v) is 6.81. The summed E-state index contributed by atoms with van der Waals surface area (Å²) in [6.07, 6.45) is 1.37. The molecule has 1 atom stereocenters. The van der Waals surface area contributed by atoms with E-state index in [1.807, 2.05) is 25.5 Å². The van der Waals surface area contributed by atoms with Crippen LogP contribution < -0.4 is 5.32 Å². The number of nitrogens with one attached hydrogen (secondary N) is 1. The van der Waals surface area contributed by atoms with Gasteiger partial charge in [-0.15, -0.1) is 11.3 Å². The number of rotatable bonds is 7. The summed E-state index contributed by atoms with van der Waals surface area (Å²) in [6, 6.07) is 12.8. The molecule has 0 aliphatic heterocycles. The number of amides is 1. The van der Waals surface area contributed by atoms with Crippen molar-refractivity contribution in [3.63, 3.8) is 0 Å². The zero-order valence-electron chi connectivity index (χ0n) is 13.5. The highest BCUT2D eigenvalue weighted by atomic mass is 32.1.